The molecular formula is C23H25N5S. The van der Waals surface area contributed by atoms with Gasteiger partial charge in [-0.25, -0.2) is 4.98 Å². The summed E-state index contributed by atoms with van der Waals surface area (Å²) >= 11 is 1.88. The van der Waals surface area contributed by atoms with Crippen molar-refractivity contribution in [2.75, 3.05) is 6.54 Å². The molecule has 29 heavy (non-hydrogen) atoms. The van der Waals surface area contributed by atoms with Crippen molar-refractivity contribution in [1.82, 2.24) is 19.4 Å². The van der Waals surface area contributed by atoms with Crippen LogP contribution in [0.1, 0.15) is 47.2 Å². The van der Waals surface area contributed by atoms with E-state index in [1.165, 1.54) is 22.5 Å². The monoisotopic (exact) mass is 403 g/mol. The van der Waals surface area contributed by atoms with E-state index >= 15 is 0 Å². The normalized spacial score (nSPS) is 23.4. The molecule has 1 saturated heterocycles. The van der Waals surface area contributed by atoms with Crippen LogP contribution in [0.3, 0.4) is 0 Å². The molecule has 3 aromatic rings. The number of aromatic nitrogens is 3. The van der Waals surface area contributed by atoms with Crippen molar-refractivity contribution in [2.45, 2.75) is 45.0 Å². The average Bonchev–Trinajstić information content (AvgIpc) is 3.33. The Bertz CT molecular complexity index is 1070. The number of hydrogen-bond donors (Lipinski definition) is 0. The van der Waals surface area contributed by atoms with Gasteiger partial charge in [-0.2, -0.15) is 0 Å². The predicted octanol–water partition coefficient (Wildman–Crippen LogP) is 4.78. The highest BCUT2D eigenvalue weighted by Gasteiger charge is 2.44. The Balaban J connectivity index is 1.62. The molecular weight excluding hydrogens is 378 g/mol. The second-order valence-electron chi connectivity index (χ2n) is 7.99. The molecule has 0 unspecified atom stereocenters. The summed E-state index contributed by atoms with van der Waals surface area (Å²) < 4.78 is 2.26. The lowest BCUT2D eigenvalue weighted by Gasteiger charge is -2.27. The van der Waals surface area contributed by atoms with E-state index in [4.69, 9.17) is 4.99 Å². The lowest BCUT2D eigenvalue weighted by atomic mass is 9.96. The number of hydrogen-bond acceptors (Lipinski definition) is 5. The topological polar surface area (TPSA) is 46.3 Å². The smallest absolute Gasteiger partial charge is 0.160 e. The van der Waals surface area contributed by atoms with Crippen LogP contribution in [0, 0.1) is 20.8 Å². The Hall–Kier alpha value is -2.60. The van der Waals surface area contributed by atoms with Crippen LogP contribution in [0.5, 0.6) is 0 Å². The first-order valence-electron chi connectivity index (χ1n) is 10.1. The van der Waals surface area contributed by atoms with Gasteiger partial charge in [-0.05, 0) is 56.2 Å². The zero-order chi connectivity index (χ0) is 20.1. The number of nitrogens with zero attached hydrogens (tertiary/aromatic N) is 5. The Labute approximate surface area is 175 Å². The minimum absolute atomic E-state index is 0.0196. The van der Waals surface area contributed by atoms with Crippen LogP contribution in [-0.4, -0.2) is 36.4 Å². The molecule has 0 N–H and O–H groups in total. The number of aryl methyl sites for hydroxylation is 2. The number of pyridine rings is 2. The Morgan fingerprint density at radius 3 is 2.66 bits per heavy atom. The van der Waals surface area contributed by atoms with Gasteiger partial charge in [0.1, 0.15) is 11.9 Å². The van der Waals surface area contributed by atoms with Crippen LogP contribution in [-0.2, 0) is 0 Å². The molecule has 0 amide bonds. The van der Waals surface area contributed by atoms with Crippen molar-refractivity contribution >= 4 is 16.9 Å². The molecule has 2 aliphatic rings. The van der Waals surface area contributed by atoms with Crippen molar-refractivity contribution in [2.24, 2.45) is 4.99 Å². The zero-order valence-electron chi connectivity index (χ0n) is 17.2. The van der Waals surface area contributed by atoms with Gasteiger partial charge in [0, 0.05) is 35.6 Å². The van der Waals surface area contributed by atoms with E-state index < -0.39 is 0 Å². The largest absolute Gasteiger partial charge is 0.341 e. The maximum absolute atomic E-state index is 5.11. The Morgan fingerprint density at radius 2 is 1.93 bits per heavy atom. The highest BCUT2D eigenvalue weighted by molar-refractivity contribution is 8.14. The SMILES string of the molecule is Cc1ccc(-n2c(C)cc([C@H]3[C@H](c4ccccn4)N=C4S[C@@H](C)CN43)c2C)nc1. The molecule has 0 saturated carbocycles. The summed E-state index contributed by atoms with van der Waals surface area (Å²) in [6.07, 6.45) is 3.80. The number of amidine groups is 1. The molecule has 0 aromatic carbocycles. The lowest BCUT2D eigenvalue weighted by Crippen LogP contribution is -2.28. The van der Waals surface area contributed by atoms with Crippen molar-refractivity contribution in [3.63, 3.8) is 0 Å². The summed E-state index contributed by atoms with van der Waals surface area (Å²) in [5.74, 6) is 0.967. The van der Waals surface area contributed by atoms with Crippen molar-refractivity contribution in [3.05, 3.63) is 77.0 Å². The van der Waals surface area contributed by atoms with Crippen molar-refractivity contribution in [3.8, 4) is 5.82 Å². The first-order valence-corrected chi connectivity index (χ1v) is 10.9. The van der Waals surface area contributed by atoms with E-state index in [-0.39, 0.29) is 12.1 Å². The van der Waals surface area contributed by atoms with Crippen LogP contribution in [0.25, 0.3) is 5.82 Å². The quantitative estimate of drug-likeness (QED) is 0.631. The summed E-state index contributed by atoms with van der Waals surface area (Å²) in [5, 5.41) is 1.71. The van der Waals surface area contributed by atoms with Gasteiger partial charge < -0.3 is 9.47 Å². The van der Waals surface area contributed by atoms with Crippen LogP contribution in [0.2, 0.25) is 0 Å². The molecule has 3 aromatic heterocycles. The predicted molar refractivity (Wildman–Crippen MR) is 119 cm³/mol. The summed E-state index contributed by atoms with van der Waals surface area (Å²) in [6, 6.07) is 12.8. The van der Waals surface area contributed by atoms with Crippen molar-refractivity contribution < 1.29 is 0 Å². The summed E-state index contributed by atoms with van der Waals surface area (Å²) in [5.41, 5.74) is 5.94. The molecule has 2 aliphatic heterocycles. The maximum atomic E-state index is 5.11. The highest BCUT2D eigenvalue weighted by Crippen LogP contribution is 2.48. The van der Waals surface area contributed by atoms with Gasteiger partial charge in [0.05, 0.1) is 11.7 Å². The number of aliphatic imine (C=N–C) groups is 1. The van der Waals surface area contributed by atoms with E-state index in [0.29, 0.717) is 5.25 Å². The molecule has 3 atom stereocenters. The fourth-order valence-electron chi connectivity index (χ4n) is 4.49. The van der Waals surface area contributed by atoms with Crippen molar-refractivity contribution in [1.29, 1.82) is 0 Å². The molecule has 0 bridgehead atoms. The van der Waals surface area contributed by atoms with Gasteiger partial charge in [-0.1, -0.05) is 30.8 Å². The van der Waals surface area contributed by atoms with Gasteiger partial charge in [0.15, 0.2) is 5.17 Å². The van der Waals surface area contributed by atoms with Crippen LogP contribution >= 0.6 is 11.8 Å². The van der Waals surface area contributed by atoms with E-state index in [1.54, 1.807) is 0 Å². The first kappa shape index (κ1) is 18.4. The van der Waals surface area contributed by atoms with Crippen LogP contribution in [0.15, 0.2) is 53.8 Å². The molecule has 0 aliphatic carbocycles. The average molecular weight is 404 g/mol. The van der Waals surface area contributed by atoms with Gasteiger partial charge in [0.25, 0.3) is 0 Å². The summed E-state index contributed by atoms with van der Waals surface area (Å²) in [6.45, 7) is 9.72. The number of rotatable bonds is 3. The van der Waals surface area contributed by atoms with Gasteiger partial charge >= 0.3 is 0 Å². The Kier molecular flexibility index (Phi) is 4.46. The minimum atomic E-state index is 0.0196. The van der Waals surface area contributed by atoms with E-state index in [1.807, 2.05) is 30.2 Å². The van der Waals surface area contributed by atoms with Gasteiger partial charge in [-0.3, -0.25) is 9.98 Å². The molecule has 0 radical (unpaired) electrons. The van der Waals surface area contributed by atoms with Gasteiger partial charge in [0.2, 0.25) is 0 Å². The second kappa shape index (κ2) is 7.02. The van der Waals surface area contributed by atoms with E-state index in [0.717, 1.165) is 23.2 Å². The minimum Gasteiger partial charge on any atom is -0.341 e. The molecule has 5 rings (SSSR count). The Morgan fingerprint density at radius 1 is 1.07 bits per heavy atom. The third kappa shape index (κ3) is 3.06. The molecule has 5 heterocycles. The third-order valence-corrected chi connectivity index (χ3v) is 6.90. The second-order valence-corrected chi connectivity index (χ2v) is 9.40. The summed E-state index contributed by atoms with van der Waals surface area (Å²) in [7, 11) is 0. The number of thioether (sulfide) groups is 1. The molecule has 5 nitrogen and oxygen atoms in total. The molecule has 1 fully saturated rings. The maximum Gasteiger partial charge on any atom is 0.160 e. The van der Waals surface area contributed by atoms with Gasteiger partial charge in [-0.15, -0.1) is 0 Å². The fourth-order valence-corrected chi connectivity index (χ4v) is 5.58. The molecule has 0 spiro atoms. The van der Waals surface area contributed by atoms with E-state index in [2.05, 4.69) is 77.5 Å². The number of fused-ring (bicyclic) bond motifs is 1. The third-order valence-electron chi connectivity index (χ3n) is 5.80. The van der Waals surface area contributed by atoms with Crippen LogP contribution in [0.4, 0.5) is 0 Å². The molecule has 148 valence electrons. The molecule has 6 heteroatoms. The fraction of sp³-hybridized carbons (Fsp3) is 0.348. The first-order chi connectivity index (χ1) is 14.0. The zero-order valence-corrected chi connectivity index (χ0v) is 18.0. The summed E-state index contributed by atoms with van der Waals surface area (Å²) in [4.78, 5) is 16.9. The van der Waals surface area contributed by atoms with Crippen LogP contribution < -0.4 is 0 Å². The highest BCUT2D eigenvalue weighted by atomic mass is 32.2. The standard InChI is InChI=1S/C23H25N5S/c1-14-8-9-20(25-12-14)28-15(2)11-18(17(28)4)22-21(19-7-5-6-10-24-19)26-23-27(22)13-16(3)29-23/h5-12,16,21-22H,13H2,1-4H3/t16-,21-,22-/m0/s1. The lowest BCUT2D eigenvalue weighted by molar-refractivity contribution is 0.320. The van der Waals surface area contributed by atoms with E-state index in [9.17, 15) is 0 Å².